The van der Waals surface area contributed by atoms with Crippen molar-refractivity contribution in [3.63, 3.8) is 0 Å². The molecule has 0 amide bonds. The molecule has 2 unspecified atom stereocenters. The second kappa shape index (κ2) is 5.55. The summed E-state index contributed by atoms with van der Waals surface area (Å²) in [6.07, 6.45) is 1.87. The van der Waals surface area contributed by atoms with E-state index in [1.807, 2.05) is 24.3 Å². The Morgan fingerprint density at radius 1 is 1.27 bits per heavy atom. The van der Waals surface area contributed by atoms with Crippen LogP contribution < -0.4 is 5.32 Å². The first-order valence-corrected chi connectivity index (χ1v) is 5.63. The lowest BCUT2D eigenvalue weighted by atomic mass is 10.1. The molecule has 0 bridgehead atoms. The molecule has 0 aliphatic heterocycles. The van der Waals surface area contributed by atoms with Crippen LogP contribution in [0.2, 0.25) is 10.0 Å². The monoisotopic (exact) mass is 243 g/mol. The van der Waals surface area contributed by atoms with Crippen molar-refractivity contribution in [3.8, 4) is 0 Å². The fraction of sp³-hybridized carbons (Fsp3) is 0.333. The summed E-state index contributed by atoms with van der Waals surface area (Å²) in [6.45, 7) is 7.87. The summed E-state index contributed by atoms with van der Waals surface area (Å²) in [5, 5.41) is 4.55. The van der Waals surface area contributed by atoms with Crippen LogP contribution in [0.1, 0.15) is 25.5 Å². The number of hydrogen-bond donors (Lipinski definition) is 1. The Morgan fingerprint density at radius 2 is 1.93 bits per heavy atom. The molecule has 0 aliphatic rings. The molecule has 1 nitrogen and oxygen atoms in total. The van der Waals surface area contributed by atoms with Gasteiger partial charge >= 0.3 is 0 Å². The lowest BCUT2D eigenvalue weighted by Crippen LogP contribution is -2.26. The molecule has 1 N–H and O–H groups in total. The Labute approximate surface area is 101 Å². The van der Waals surface area contributed by atoms with Crippen molar-refractivity contribution in [2.75, 3.05) is 0 Å². The molecule has 1 aromatic carbocycles. The predicted octanol–water partition coefficient (Wildman–Crippen LogP) is 4.22. The molecule has 0 aromatic heterocycles. The van der Waals surface area contributed by atoms with E-state index in [0.29, 0.717) is 10.0 Å². The minimum atomic E-state index is 0.229. The molecular formula is C12H15Cl2N. The second-order valence-electron chi connectivity index (χ2n) is 3.59. The van der Waals surface area contributed by atoms with Gasteiger partial charge in [-0.25, -0.2) is 0 Å². The van der Waals surface area contributed by atoms with E-state index in [-0.39, 0.29) is 12.1 Å². The topological polar surface area (TPSA) is 12.0 Å². The van der Waals surface area contributed by atoms with Crippen LogP contribution in [0.4, 0.5) is 0 Å². The lowest BCUT2D eigenvalue weighted by Gasteiger charge is -2.18. The standard InChI is InChI=1S/C12H15Cl2N/c1-4-8(2)15-9(3)10-5-6-11(13)12(14)7-10/h4-9,15H,1H2,2-3H3. The third-order valence-electron chi connectivity index (χ3n) is 2.31. The van der Waals surface area contributed by atoms with Crippen molar-refractivity contribution in [1.82, 2.24) is 5.32 Å². The third kappa shape index (κ3) is 3.53. The predicted molar refractivity (Wildman–Crippen MR) is 67.7 cm³/mol. The first-order valence-electron chi connectivity index (χ1n) is 4.88. The summed E-state index contributed by atoms with van der Waals surface area (Å²) in [4.78, 5) is 0. The van der Waals surface area contributed by atoms with Gasteiger partial charge in [-0.05, 0) is 31.5 Å². The molecule has 0 aliphatic carbocycles. The molecule has 0 radical (unpaired) electrons. The van der Waals surface area contributed by atoms with Gasteiger partial charge in [-0.15, -0.1) is 6.58 Å². The summed E-state index contributed by atoms with van der Waals surface area (Å²) >= 11 is 11.8. The molecule has 3 heteroatoms. The van der Waals surface area contributed by atoms with E-state index >= 15 is 0 Å². The van der Waals surface area contributed by atoms with Crippen LogP contribution in [0.5, 0.6) is 0 Å². The summed E-state index contributed by atoms with van der Waals surface area (Å²) in [5.74, 6) is 0. The summed E-state index contributed by atoms with van der Waals surface area (Å²) in [5.41, 5.74) is 1.12. The Kier molecular flexibility index (Phi) is 4.65. The maximum absolute atomic E-state index is 5.95. The van der Waals surface area contributed by atoms with Gasteiger partial charge in [0.05, 0.1) is 10.0 Å². The van der Waals surface area contributed by atoms with Gasteiger partial charge in [-0.2, -0.15) is 0 Å². The van der Waals surface area contributed by atoms with E-state index in [2.05, 4.69) is 25.7 Å². The zero-order valence-corrected chi connectivity index (χ0v) is 10.4. The van der Waals surface area contributed by atoms with Crippen molar-refractivity contribution < 1.29 is 0 Å². The van der Waals surface area contributed by atoms with Crippen LogP contribution in [-0.2, 0) is 0 Å². The van der Waals surface area contributed by atoms with Gasteiger partial charge in [0.15, 0.2) is 0 Å². The van der Waals surface area contributed by atoms with E-state index < -0.39 is 0 Å². The maximum Gasteiger partial charge on any atom is 0.0595 e. The molecule has 0 saturated heterocycles. The molecule has 0 spiro atoms. The van der Waals surface area contributed by atoms with Gasteiger partial charge in [-0.1, -0.05) is 35.3 Å². The van der Waals surface area contributed by atoms with Gasteiger partial charge in [0, 0.05) is 12.1 Å². The first-order chi connectivity index (χ1) is 7.04. The van der Waals surface area contributed by atoms with Crippen molar-refractivity contribution in [1.29, 1.82) is 0 Å². The van der Waals surface area contributed by atoms with Crippen molar-refractivity contribution in [3.05, 3.63) is 46.5 Å². The zero-order chi connectivity index (χ0) is 11.4. The normalized spacial score (nSPS) is 14.7. The summed E-state index contributed by atoms with van der Waals surface area (Å²) < 4.78 is 0. The quantitative estimate of drug-likeness (QED) is 0.782. The van der Waals surface area contributed by atoms with Gasteiger partial charge < -0.3 is 5.32 Å². The third-order valence-corrected chi connectivity index (χ3v) is 3.05. The smallest absolute Gasteiger partial charge is 0.0595 e. The molecule has 15 heavy (non-hydrogen) atoms. The molecule has 0 fully saturated rings. The summed E-state index contributed by atoms with van der Waals surface area (Å²) in [7, 11) is 0. The minimum Gasteiger partial charge on any atom is -0.304 e. The van der Waals surface area contributed by atoms with Gasteiger partial charge in [0.25, 0.3) is 0 Å². The summed E-state index contributed by atoms with van der Waals surface area (Å²) in [6, 6.07) is 6.18. The highest BCUT2D eigenvalue weighted by molar-refractivity contribution is 6.42. The molecule has 0 heterocycles. The number of nitrogens with one attached hydrogen (secondary N) is 1. The average molecular weight is 244 g/mol. The van der Waals surface area contributed by atoms with Crippen LogP contribution in [0.25, 0.3) is 0 Å². The van der Waals surface area contributed by atoms with Crippen LogP contribution in [0.15, 0.2) is 30.9 Å². The van der Waals surface area contributed by atoms with Crippen molar-refractivity contribution >= 4 is 23.2 Å². The second-order valence-corrected chi connectivity index (χ2v) is 4.40. The highest BCUT2D eigenvalue weighted by Gasteiger charge is 2.08. The largest absolute Gasteiger partial charge is 0.304 e. The number of benzene rings is 1. The molecular weight excluding hydrogens is 229 g/mol. The Hall–Kier alpha value is -0.500. The van der Waals surface area contributed by atoms with Gasteiger partial charge in [-0.3, -0.25) is 0 Å². The Bertz CT molecular complexity index is 349. The fourth-order valence-electron chi connectivity index (χ4n) is 1.34. The number of halogens is 2. The van der Waals surface area contributed by atoms with E-state index in [1.165, 1.54) is 0 Å². The van der Waals surface area contributed by atoms with E-state index in [4.69, 9.17) is 23.2 Å². The maximum atomic E-state index is 5.95. The van der Waals surface area contributed by atoms with Gasteiger partial charge in [0.2, 0.25) is 0 Å². The average Bonchev–Trinajstić information content (AvgIpc) is 2.21. The molecule has 82 valence electrons. The van der Waals surface area contributed by atoms with Crippen molar-refractivity contribution in [2.24, 2.45) is 0 Å². The van der Waals surface area contributed by atoms with Crippen LogP contribution >= 0.6 is 23.2 Å². The number of hydrogen-bond acceptors (Lipinski definition) is 1. The SMILES string of the molecule is C=CC(C)NC(C)c1ccc(Cl)c(Cl)c1. The highest BCUT2D eigenvalue weighted by atomic mass is 35.5. The fourth-order valence-corrected chi connectivity index (χ4v) is 1.65. The van der Waals surface area contributed by atoms with Gasteiger partial charge in [0.1, 0.15) is 0 Å². The molecule has 2 atom stereocenters. The molecule has 1 rings (SSSR count). The van der Waals surface area contributed by atoms with E-state index in [9.17, 15) is 0 Å². The Balaban J connectivity index is 2.77. The van der Waals surface area contributed by atoms with Crippen molar-refractivity contribution in [2.45, 2.75) is 25.9 Å². The molecule has 0 saturated carbocycles. The lowest BCUT2D eigenvalue weighted by molar-refractivity contribution is 0.537. The zero-order valence-electron chi connectivity index (χ0n) is 8.93. The number of rotatable bonds is 4. The minimum absolute atomic E-state index is 0.229. The van der Waals surface area contributed by atoms with E-state index in [1.54, 1.807) is 0 Å². The highest BCUT2D eigenvalue weighted by Crippen LogP contribution is 2.25. The van der Waals surface area contributed by atoms with Crippen LogP contribution in [-0.4, -0.2) is 6.04 Å². The molecule has 1 aromatic rings. The van der Waals surface area contributed by atoms with Crippen LogP contribution in [0.3, 0.4) is 0 Å². The Morgan fingerprint density at radius 3 is 2.47 bits per heavy atom. The van der Waals surface area contributed by atoms with E-state index in [0.717, 1.165) is 5.56 Å². The first kappa shape index (κ1) is 12.6. The van der Waals surface area contributed by atoms with Crippen LogP contribution in [0, 0.1) is 0 Å².